The first-order chi connectivity index (χ1) is 17.3. The van der Waals surface area contributed by atoms with E-state index in [9.17, 15) is 22.8 Å². The average molecular weight is 519 g/mol. The second kappa shape index (κ2) is 10.9. The van der Waals surface area contributed by atoms with Gasteiger partial charge in [-0.1, -0.05) is 30.3 Å². The zero-order valence-corrected chi connectivity index (χ0v) is 21.2. The number of nitrogens with one attached hydrogen (secondary N) is 1. The van der Waals surface area contributed by atoms with Crippen molar-refractivity contribution in [3.05, 3.63) is 77.1 Å². The van der Waals surface area contributed by atoms with Crippen molar-refractivity contribution in [1.82, 2.24) is 20.0 Å². The highest BCUT2D eigenvalue weighted by Crippen LogP contribution is 2.30. The molecule has 0 saturated heterocycles. The van der Waals surface area contributed by atoms with E-state index in [4.69, 9.17) is 9.47 Å². The summed E-state index contributed by atoms with van der Waals surface area (Å²) in [5.41, 5.74) is -0.676. The molecule has 0 aliphatic heterocycles. The molecule has 2 amide bonds. The fourth-order valence-electron chi connectivity index (χ4n) is 3.46. The summed E-state index contributed by atoms with van der Waals surface area (Å²) in [5, 5.41) is 6.30. The fourth-order valence-corrected chi connectivity index (χ4v) is 3.46. The number of aromatic nitrogens is 2. The molecule has 0 radical (unpaired) electrons. The molecular weight excluding hydrogens is 489 g/mol. The zero-order valence-electron chi connectivity index (χ0n) is 21.2. The van der Waals surface area contributed by atoms with Crippen LogP contribution in [0.15, 0.2) is 54.6 Å². The van der Waals surface area contributed by atoms with Crippen LogP contribution in [0.25, 0.3) is 5.69 Å². The molecular formula is C26H29F3N4O4. The maximum atomic E-state index is 13.5. The van der Waals surface area contributed by atoms with Gasteiger partial charge in [-0.3, -0.25) is 4.79 Å². The van der Waals surface area contributed by atoms with E-state index < -0.39 is 29.5 Å². The van der Waals surface area contributed by atoms with Gasteiger partial charge in [0.25, 0.3) is 5.91 Å². The maximum absolute atomic E-state index is 13.5. The molecule has 0 saturated carbocycles. The van der Waals surface area contributed by atoms with E-state index in [2.05, 4.69) is 10.4 Å². The van der Waals surface area contributed by atoms with E-state index in [-0.39, 0.29) is 24.5 Å². The summed E-state index contributed by atoms with van der Waals surface area (Å²) in [6.07, 6.45) is -5.30. The van der Waals surface area contributed by atoms with E-state index in [0.717, 1.165) is 4.68 Å². The highest BCUT2D eigenvalue weighted by molar-refractivity contribution is 5.93. The van der Waals surface area contributed by atoms with Crippen LogP contribution in [0.2, 0.25) is 0 Å². The van der Waals surface area contributed by atoms with Gasteiger partial charge in [0.15, 0.2) is 5.69 Å². The number of halogens is 3. The standard InChI is InChI=1S/C26H29F3N4O4/c1-25(2,3)37-24(35)32(4)16-17-9-8-11-19(13-17)33-20(14-22(31-33)26(27,28)29)23(34)30-15-18-10-6-7-12-21(18)36-5/h6-14H,15-16H2,1-5H3,(H,30,34). The molecule has 0 bridgehead atoms. The lowest BCUT2D eigenvalue weighted by atomic mass is 10.2. The molecule has 11 heteroatoms. The van der Waals surface area contributed by atoms with Gasteiger partial charge in [-0.2, -0.15) is 18.3 Å². The van der Waals surface area contributed by atoms with Crippen molar-refractivity contribution in [2.24, 2.45) is 0 Å². The molecule has 0 atom stereocenters. The Bertz CT molecular complexity index is 1270. The Morgan fingerprint density at radius 1 is 1.05 bits per heavy atom. The summed E-state index contributed by atoms with van der Waals surface area (Å²) in [6, 6.07) is 14.1. The second-order valence-corrected chi connectivity index (χ2v) is 9.33. The normalized spacial score (nSPS) is 11.7. The first kappa shape index (κ1) is 27.6. The molecule has 0 spiro atoms. The van der Waals surface area contributed by atoms with Crippen LogP contribution in [0.3, 0.4) is 0 Å². The van der Waals surface area contributed by atoms with Crippen LogP contribution in [-0.2, 0) is 24.0 Å². The Hall–Kier alpha value is -4.02. The summed E-state index contributed by atoms with van der Waals surface area (Å²) in [7, 11) is 3.03. The molecule has 0 unspecified atom stereocenters. The van der Waals surface area contributed by atoms with Gasteiger partial charge in [0.2, 0.25) is 0 Å². The second-order valence-electron chi connectivity index (χ2n) is 9.33. The lowest BCUT2D eigenvalue weighted by molar-refractivity contribution is -0.141. The summed E-state index contributed by atoms with van der Waals surface area (Å²) >= 11 is 0. The fraction of sp³-hybridized carbons (Fsp3) is 0.346. The number of nitrogens with zero attached hydrogens (tertiary/aromatic N) is 3. The van der Waals surface area contributed by atoms with Gasteiger partial charge in [-0.15, -0.1) is 0 Å². The number of para-hydroxylation sites is 1. The number of ether oxygens (including phenoxy) is 2. The lowest BCUT2D eigenvalue weighted by Crippen LogP contribution is -2.33. The minimum absolute atomic E-state index is 0.0378. The van der Waals surface area contributed by atoms with E-state index in [1.54, 1.807) is 70.3 Å². The monoisotopic (exact) mass is 518 g/mol. The van der Waals surface area contributed by atoms with Crippen molar-refractivity contribution in [3.63, 3.8) is 0 Å². The summed E-state index contributed by atoms with van der Waals surface area (Å²) in [4.78, 5) is 26.6. The molecule has 0 fully saturated rings. The van der Waals surface area contributed by atoms with Gasteiger partial charge in [0.1, 0.15) is 17.0 Å². The largest absolute Gasteiger partial charge is 0.496 e. The molecule has 37 heavy (non-hydrogen) atoms. The predicted octanol–water partition coefficient (Wildman–Crippen LogP) is 5.20. The van der Waals surface area contributed by atoms with Crippen LogP contribution in [0.1, 0.15) is 48.1 Å². The lowest BCUT2D eigenvalue weighted by Gasteiger charge is -2.24. The van der Waals surface area contributed by atoms with Crippen LogP contribution in [0.5, 0.6) is 5.75 Å². The number of benzene rings is 2. The van der Waals surface area contributed by atoms with Gasteiger partial charge in [0.05, 0.1) is 12.8 Å². The first-order valence-corrected chi connectivity index (χ1v) is 11.4. The van der Waals surface area contributed by atoms with Crippen molar-refractivity contribution in [2.45, 2.75) is 45.6 Å². The van der Waals surface area contributed by atoms with Gasteiger partial charge >= 0.3 is 12.3 Å². The quantitative estimate of drug-likeness (QED) is 0.465. The Morgan fingerprint density at radius 3 is 2.41 bits per heavy atom. The Morgan fingerprint density at radius 2 is 1.76 bits per heavy atom. The summed E-state index contributed by atoms with van der Waals surface area (Å²) in [6.45, 7) is 5.41. The van der Waals surface area contributed by atoms with E-state index >= 15 is 0 Å². The zero-order chi connectivity index (χ0) is 27.4. The highest BCUT2D eigenvalue weighted by atomic mass is 19.4. The molecule has 2 aromatic carbocycles. The number of hydrogen-bond donors (Lipinski definition) is 1. The molecule has 3 aromatic rings. The SMILES string of the molecule is COc1ccccc1CNC(=O)c1cc(C(F)(F)F)nn1-c1cccc(CN(C)C(=O)OC(C)(C)C)c1. The molecule has 1 N–H and O–H groups in total. The molecule has 1 aromatic heterocycles. The minimum Gasteiger partial charge on any atom is -0.496 e. The maximum Gasteiger partial charge on any atom is 0.435 e. The van der Waals surface area contributed by atoms with Crippen LogP contribution < -0.4 is 10.1 Å². The molecule has 1 heterocycles. The molecule has 0 aliphatic rings. The van der Waals surface area contributed by atoms with Crippen LogP contribution in [-0.4, -0.2) is 46.4 Å². The number of alkyl halides is 3. The van der Waals surface area contributed by atoms with Gasteiger partial charge in [0, 0.05) is 31.8 Å². The van der Waals surface area contributed by atoms with Crippen molar-refractivity contribution >= 4 is 12.0 Å². The van der Waals surface area contributed by atoms with Gasteiger partial charge in [-0.25, -0.2) is 9.48 Å². The Labute approximate surface area is 213 Å². The van der Waals surface area contributed by atoms with Crippen molar-refractivity contribution < 1.29 is 32.2 Å². The molecule has 8 nitrogen and oxygen atoms in total. The van der Waals surface area contributed by atoms with Crippen molar-refractivity contribution in [1.29, 1.82) is 0 Å². The molecule has 3 rings (SSSR count). The van der Waals surface area contributed by atoms with Gasteiger partial charge < -0.3 is 19.7 Å². The van der Waals surface area contributed by atoms with Crippen LogP contribution in [0.4, 0.5) is 18.0 Å². The summed E-state index contributed by atoms with van der Waals surface area (Å²) < 4.78 is 52.1. The number of rotatable bonds is 7. The number of methoxy groups -OCH3 is 1. The summed E-state index contributed by atoms with van der Waals surface area (Å²) in [5.74, 6) is -0.209. The molecule has 0 aliphatic carbocycles. The van der Waals surface area contributed by atoms with E-state index in [1.165, 1.54) is 18.1 Å². The number of carbonyl (C=O) groups is 2. The third-order valence-electron chi connectivity index (χ3n) is 5.14. The molecule has 198 valence electrons. The number of hydrogen-bond acceptors (Lipinski definition) is 5. The topological polar surface area (TPSA) is 85.7 Å². The third kappa shape index (κ3) is 7.25. The Kier molecular flexibility index (Phi) is 8.15. The van der Waals surface area contributed by atoms with Crippen molar-refractivity contribution in [2.75, 3.05) is 14.2 Å². The van der Waals surface area contributed by atoms with Crippen LogP contribution >= 0.6 is 0 Å². The van der Waals surface area contributed by atoms with Gasteiger partial charge in [-0.05, 0) is 44.5 Å². The number of amides is 2. The van der Waals surface area contributed by atoms with E-state index in [0.29, 0.717) is 22.9 Å². The van der Waals surface area contributed by atoms with Crippen molar-refractivity contribution in [3.8, 4) is 11.4 Å². The number of carbonyl (C=O) groups excluding carboxylic acids is 2. The third-order valence-corrected chi connectivity index (χ3v) is 5.14. The predicted molar refractivity (Wildman–Crippen MR) is 130 cm³/mol. The Balaban J connectivity index is 1.88. The van der Waals surface area contributed by atoms with E-state index in [1.807, 2.05) is 0 Å². The highest BCUT2D eigenvalue weighted by Gasteiger charge is 2.36. The minimum atomic E-state index is -4.75. The smallest absolute Gasteiger partial charge is 0.435 e. The van der Waals surface area contributed by atoms with Crippen LogP contribution in [0, 0.1) is 0 Å². The average Bonchev–Trinajstić information content (AvgIpc) is 3.28. The first-order valence-electron chi connectivity index (χ1n) is 11.4.